The lowest BCUT2D eigenvalue weighted by molar-refractivity contribution is -0.158. The van der Waals surface area contributed by atoms with Gasteiger partial charge in [-0.15, -0.1) is 0 Å². The minimum Gasteiger partial charge on any atom is -0.232 e. The molecule has 0 aliphatic heterocycles. The lowest BCUT2D eigenvalue weighted by Gasteiger charge is -2.02. The Hall–Kier alpha value is -0.420. The Morgan fingerprint density at radius 1 is 1.10 bits per heavy atom. The van der Waals surface area contributed by atoms with E-state index in [1.165, 1.54) is 0 Å². The van der Waals surface area contributed by atoms with Crippen LogP contribution in [0.25, 0.3) is 0 Å². The fourth-order valence-corrected chi connectivity index (χ4v) is 0.175. The summed E-state index contributed by atoms with van der Waals surface area (Å²) < 4.78 is 62.9. The third-order valence-corrected chi connectivity index (χ3v) is 0.386. The van der Waals surface area contributed by atoms with Gasteiger partial charge in [-0.25, -0.2) is 13.2 Å². The fourth-order valence-electron chi connectivity index (χ4n) is 0.175. The predicted molar refractivity (Wildman–Crippen MR) is 21.0 cm³/mol. The van der Waals surface area contributed by atoms with E-state index in [9.17, 15) is 22.0 Å². The molecule has 0 saturated carbocycles. The van der Waals surface area contributed by atoms with E-state index < -0.39 is 19.0 Å². The van der Waals surface area contributed by atoms with Crippen LogP contribution in [0, 0.1) is 7.18 Å². The second-order valence-corrected chi connectivity index (χ2v) is 1.21. The Morgan fingerprint density at radius 2 is 1.40 bits per heavy atom. The van der Waals surface area contributed by atoms with Crippen molar-refractivity contribution < 1.29 is 26.3 Å². The van der Waals surface area contributed by atoms with Crippen LogP contribution in [-0.4, -0.2) is 12.6 Å². The molecule has 0 aromatic rings. The van der Waals surface area contributed by atoms with Crippen molar-refractivity contribution in [2.24, 2.45) is 0 Å². The molecule has 10 heavy (non-hydrogen) atoms. The molecular weight excluding hydrogens is 162 g/mol. The van der Waals surface area contributed by atoms with E-state index in [1.54, 1.807) is 0 Å². The van der Waals surface area contributed by atoms with Crippen molar-refractivity contribution in [2.75, 3.05) is 0 Å². The predicted octanol–water partition coefficient (Wildman–Crippen LogP) is 2.71. The van der Waals surface area contributed by atoms with Crippen molar-refractivity contribution in [3.05, 3.63) is 7.18 Å². The molecule has 6 heteroatoms. The Bertz CT molecular complexity index is 64.6. The van der Waals surface area contributed by atoms with Gasteiger partial charge >= 0.3 is 6.18 Å². The first kappa shape index (κ1) is 12.3. The Balaban J connectivity index is 0. The molecule has 0 rings (SSSR count). The van der Waals surface area contributed by atoms with Crippen LogP contribution in [0.3, 0.4) is 0 Å². The first-order valence-corrected chi connectivity index (χ1v) is 1.95. The second-order valence-electron chi connectivity index (χ2n) is 1.21. The largest absolute Gasteiger partial charge is 0.394 e. The van der Waals surface area contributed by atoms with Gasteiger partial charge in [0, 0.05) is 0 Å². The van der Waals surface area contributed by atoms with Gasteiger partial charge in [-0.2, -0.15) is 13.2 Å². The van der Waals surface area contributed by atoms with Crippen molar-refractivity contribution >= 4 is 0 Å². The summed E-state index contributed by atoms with van der Waals surface area (Å²) in [6.07, 6.45) is -10.0. The number of hydrogen-bond donors (Lipinski definition) is 0. The summed E-state index contributed by atoms with van der Waals surface area (Å²) in [5.74, 6) is 0. The quantitative estimate of drug-likeness (QED) is 0.524. The van der Waals surface area contributed by atoms with Gasteiger partial charge in [0.25, 0.3) is 0 Å². The fraction of sp³-hybridized carbons (Fsp3) is 0.750. The normalized spacial score (nSPS) is 10.8. The first-order valence-electron chi connectivity index (χ1n) is 1.95. The summed E-state index contributed by atoms with van der Waals surface area (Å²) in [5.41, 5.74) is 0. The van der Waals surface area contributed by atoms with Crippen molar-refractivity contribution in [2.45, 2.75) is 19.0 Å². The lowest BCUT2D eigenvalue weighted by atomic mass is 10.4. The number of hydrogen-bond acceptors (Lipinski definition) is 0. The molecule has 0 nitrogen and oxygen atoms in total. The maximum absolute atomic E-state index is 10.8. The van der Waals surface area contributed by atoms with E-state index >= 15 is 0 Å². The van der Waals surface area contributed by atoms with Crippen LogP contribution >= 0.6 is 0 Å². The maximum Gasteiger partial charge on any atom is 0.394 e. The Kier molecular flexibility index (Phi) is 6.59. The Morgan fingerprint density at radius 3 is 1.40 bits per heavy atom. The van der Waals surface area contributed by atoms with Crippen molar-refractivity contribution in [3.8, 4) is 0 Å². The van der Waals surface area contributed by atoms with Gasteiger partial charge in [0.2, 0.25) is 13.6 Å². The topological polar surface area (TPSA) is 0 Å². The van der Waals surface area contributed by atoms with Gasteiger partial charge in [-0.1, -0.05) is 0 Å². The van der Waals surface area contributed by atoms with Crippen molar-refractivity contribution in [1.82, 2.24) is 0 Å². The molecule has 0 saturated heterocycles. The zero-order valence-electron chi connectivity index (χ0n) is 4.55. The van der Waals surface area contributed by atoms with E-state index in [4.69, 9.17) is 4.39 Å². The number of halogens is 6. The molecular formula is C4H3F6. The van der Waals surface area contributed by atoms with Crippen LogP contribution in [0.2, 0.25) is 0 Å². The van der Waals surface area contributed by atoms with Crippen LogP contribution in [0.4, 0.5) is 26.3 Å². The van der Waals surface area contributed by atoms with Gasteiger partial charge in [0.15, 0.2) is 0 Å². The van der Waals surface area contributed by atoms with Crippen molar-refractivity contribution in [1.29, 1.82) is 0 Å². The molecule has 0 unspecified atom stereocenters. The average Bonchev–Trinajstić information content (AvgIpc) is 1.64. The van der Waals surface area contributed by atoms with Gasteiger partial charge in [0.05, 0.1) is 0 Å². The zero-order chi connectivity index (χ0) is 8.78. The summed E-state index contributed by atoms with van der Waals surface area (Å²) in [5, 5.41) is 0. The van der Waals surface area contributed by atoms with Gasteiger partial charge < -0.3 is 0 Å². The number of rotatable bonds is 1. The molecule has 0 aliphatic rings. The van der Waals surface area contributed by atoms with Gasteiger partial charge in [-0.3, -0.25) is 0 Å². The third kappa shape index (κ3) is 15.6. The van der Waals surface area contributed by atoms with E-state index in [-0.39, 0.29) is 0 Å². The Labute approximate surface area is 53.8 Å². The second kappa shape index (κ2) is 5.37. The van der Waals surface area contributed by atoms with Crippen LogP contribution < -0.4 is 0 Å². The molecule has 0 amide bonds. The lowest BCUT2D eigenvalue weighted by Crippen LogP contribution is -2.12. The molecule has 0 bridgehead atoms. The van der Waals surface area contributed by atoms with E-state index in [0.717, 1.165) is 0 Å². The highest BCUT2D eigenvalue weighted by Gasteiger charge is 2.31. The highest BCUT2D eigenvalue weighted by Crippen LogP contribution is 2.22. The first-order chi connectivity index (χ1) is 4.42. The molecule has 0 aliphatic carbocycles. The standard InChI is InChI=1S/C3H3F5.CF/c4-2(5)1-3(6,7)8;1-2/h2H,1H2;. The SMILES string of the molecule is FC(F)CC(F)(F)F.[C]F. The molecule has 0 heterocycles. The third-order valence-electron chi connectivity index (χ3n) is 0.386. The summed E-state index contributed by atoms with van der Waals surface area (Å²) in [7, 11) is 4.25. The van der Waals surface area contributed by atoms with Crippen LogP contribution in [0.15, 0.2) is 0 Å². The number of alkyl halides is 5. The summed E-state index contributed by atoms with van der Waals surface area (Å²) >= 11 is 0. The monoisotopic (exact) mass is 165 g/mol. The molecule has 0 spiro atoms. The minimum absolute atomic E-state index is 2.01. The molecule has 3 radical (unpaired) electrons. The summed E-state index contributed by atoms with van der Waals surface area (Å²) in [4.78, 5) is 0. The minimum atomic E-state index is -4.73. The smallest absolute Gasteiger partial charge is 0.232 e. The average molecular weight is 165 g/mol. The van der Waals surface area contributed by atoms with Crippen molar-refractivity contribution in [3.63, 3.8) is 0 Å². The molecule has 0 aromatic heterocycles. The van der Waals surface area contributed by atoms with Crippen LogP contribution in [0.5, 0.6) is 0 Å². The van der Waals surface area contributed by atoms with Crippen LogP contribution in [0.1, 0.15) is 6.42 Å². The molecule has 0 fully saturated rings. The van der Waals surface area contributed by atoms with E-state index in [2.05, 4.69) is 7.18 Å². The summed E-state index contributed by atoms with van der Waals surface area (Å²) in [6, 6.07) is 0. The van der Waals surface area contributed by atoms with E-state index in [0.29, 0.717) is 0 Å². The van der Waals surface area contributed by atoms with Gasteiger partial charge in [0.1, 0.15) is 6.42 Å². The highest BCUT2D eigenvalue weighted by atomic mass is 19.4. The molecule has 0 atom stereocenters. The van der Waals surface area contributed by atoms with E-state index in [1.807, 2.05) is 0 Å². The molecule has 61 valence electrons. The highest BCUT2D eigenvalue weighted by molar-refractivity contribution is 4.50. The van der Waals surface area contributed by atoms with Gasteiger partial charge in [-0.05, 0) is 0 Å². The van der Waals surface area contributed by atoms with Crippen LogP contribution in [-0.2, 0) is 0 Å². The maximum atomic E-state index is 10.8. The summed E-state index contributed by atoms with van der Waals surface area (Å²) in [6.45, 7) is 0. The molecule has 0 N–H and O–H groups in total. The zero-order valence-corrected chi connectivity index (χ0v) is 4.55. The molecule has 0 aromatic carbocycles.